The molecular weight excluding hydrogens is 257 g/mol. The van der Waals surface area contributed by atoms with Crippen LogP contribution in [-0.4, -0.2) is 18.4 Å². The van der Waals surface area contributed by atoms with E-state index in [2.05, 4.69) is 15.0 Å². The lowest BCUT2D eigenvalue weighted by Gasteiger charge is -2.15. The third-order valence-corrected chi connectivity index (χ3v) is 2.49. The summed E-state index contributed by atoms with van der Waals surface area (Å²) in [6.07, 6.45) is -1.66. The molecule has 1 heterocycles. The number of hydrogen-bond donors (Lipinski definition) is 1. The minimum Gasteiger partial charge on any atom is -0.405 e. The van der Waals surface area contributed by atoms with Crippen molar-refractivity contribution >= 4 is 5.69 Å². The maximum Gasteiger partial charge on any atom is 0.573 e. The highest BCUT2D eigenvalue weighted by atomic mass is 19.4. The van der Waals surface area contributed by atoms with Gasteiger partial charge in [-0.25, -0.2) is 0 Å². The van der Waals surface area contributed by atoms with E-state index in [1.54, 1.807) is 31.4 Å². The molecule has 3 nitrogen and oxygen atoms in total. The number of ether oxygens (including phenoxy) is 1. The second-order valence-electron chi connectivity index (χ2n) is 3.72. The van der Waals surface area contributed by atoms with Crippen LogP contribution in [0.4, 0.5) is 18.9 Å². The lowest BCUT2D eigenvalue weighted by molar-refractivity contribution is -0.274. The van der Waals surface area contributed by atoms with E-state index in [9.17, 15) is 13.2 Å². The topological polar surface area (TPSA) is 34.2 Å². The zero-order valence-electron chi connectivity index (χ0n) is 10.0. The average Bonchev–Trinajstić information content (AvgIpc) is 2.37. The van der Waals surface area contributed by atoms with E-state index in [1.807, 2.05) is 0 Å². The third-order valence-electron chi connectivity index (χ3n) is 2.49. The highest BCUT2D eigenvalue weighted by Gasteiger charge is 2.32. The van der Waals surface area contributed by atoms with E-state index in [0.717, 1.165) is 0 Å². The van der Waals surface area contributed by atoms with Crippen molar-refractivity contribution in [3.8, 4) is 16.9 Å². The Labute approximate surface area is 108 Å². The summed E-state index contributed by atoms with van der Waals surface area (Å²) in [6.45, 7) is 0. The molecule has 0 aliphatic rings. The predicted molar refractivity (Wildman–Crippen MR) is 65.9 cm³/mol. The number of benzene rings is 1. The predicted octanol–water partition coefficient (Wildman–Crippen LogP) is 3.69. The van der Waals surface area contributed by atoms with E-state index < -0.39 is 6.36 Å². The molecule has 0 saturated heterocycles. The Hall–Kier alpha value is -2.24. The maximum absolute atomic E-state index is 12.4. The highest BCUT2D eigenvalue weighted by molar-refractivity contribution is 5.80. The molecule has 19 heavy (non-hydrogen) atoms. The van der Waals surface area contributed by atoms with Gasteiger partial charge in [0, 0.05) is 24.4 Å². The molecule has 100 valence electrons. The van der Waals surface area contributed by atoms with Crippen molar-refractivity contribution < 1.29 is 17.9 Å². The van der Waals surface area contributed by atoms with E-state index in [0.29, 0.717) is 16.8 Å². The molecule has 0 aliphatic carbocycles. The number of nitrogens with one attached hydrogen (secondary N) is 1. The normalized spacial score (nSPS) is 11.2. The largest absolute Gasteiger partial charge is 0.573 e. The molecule has 0 bridgehead atoms. The molecule has 2 aromatic rings. The lowest BCUT2D eigenvalue weighted by atomic mass is 10.0. The Bertz CT molecular complexity index is 570. The van der Waals surface area contributed by atoms with Gasteiger partial charge in [-0.05, 0) is 12.1 Å². The van der Waals surface area contributed by atoms with Gasteiger partial charge in [-0.2, -0.15) is 0 Å². The van der Waals surface area contributed by atoms with Gasteiger partial charge in [0.25, 0.3) is 0 Å². The van der Waals surface area contributed by atoms with Crippen molar-refractivity contribution in [3.05, 3.63) is 42.7 Å². The molecule has 1 aromatic carbocycles. The molecule has 0 unspecified atom stereocenters. The Morgan fingerprint density at radius 3 is 2.53 bits per heavy atom. The van der Waals surface area contributed by atoms with Crippen LogP contribution in [0.2, 0.25) is 0 Å². The van der Waals surface area contributed by atoms with Gasteiger partial charge in [0.15, 0.2) is 0 Å². The summed E-state index contributed by atoms with van der Waals surface area (Å²) in [5.41, 5.74) is 1.57. The van der Waals surface area contributed by atoms with Crippen LogP contribution in [0.25, 0.3) is 11.1 Å². The third kappa shape index (κ3) is 3.15. The number of anilines is 1. The van der Waals surface area contributed by atoms with Crippen molar-refractivity contribution in [1.29, 1.82) is 0 Å². The van der Waals surface area contributed by atoms with E-state index >= 15 is 0 Å². The van der Waals surface area contributed by atoms with E-state index in [4.69, 9.17) is 0 Å². The molecule has 1 N–H and O–H groups in total. The number of pyridine rings is 1. The van der Waals surface area contributed by atoms with Gasteiger partial charge in [-0.15, -0.1) is 13.2 Å². The van der Waals surface area contributed by atoms with Gasteiger partial charge in [-0.1, -0.05) is 18.2 Å². The van der Waals surface area contributed by atoms with Gasteiger partial charge in [-0.3, -0.25) is 4.98 Å². The molecule has 2 rings (SSSR count). The lowest BCUT2D eigenvalue weighted by Crippen LogP contribution is -2.17. The summed E-state index contributed by atoms with van der Waals surface area (Å²) >= 11 is 0. The first kappa shape index (κ1) is 13.2. The monoisotopic (exact) mass is 268 g/mol. The summed E-state index contributed by atoms with van der Waals surface area (Å²) in [7, 11) is 1.67. The van der Waals surface area contributed by atoms with Gasteiger partial charge >= 0.3 is 6.36 Å². The van der Waals surface area contributed by atoms with Crippen molar-refractivity contribution in [1.82, 2.24) is 4.98 Å². The number of nitrogens with zero attached hydrogens (tertiary/aromatic N) is 1. The van der Waals surface area contributed by atoms with Gasteiger partial charge < -0.3 is 10.1 Å². The summed E-state index contributed by atoms with van der Waals surface area (Å²) in [5, 5.41) is 2.88. The smallest absolute Gasteiger partial charge is 0.405 e. The highest BCUT2D eigenvalue weighted by Crippen LogP contribution is 2.36. The molecular formula is C13H11F3N2O. The second kappa shape index (κ2) is 5.17. The fourth-order valence-corrected chi connectivity index (χ4v) is 1.73. The van der Waals surface area contributed by atoms with Crippen LogP contribution in [-0.2, 0) is 0 Å². The van der Waals surface area contributed by atoms with Crippen LogP contribution in [0.5, 0.6) is 5.75 Å². The Balaban J connectivity index is 2.50. The van der Waals surface area contributed by atoms with Crippen LogP contribution < -0.4 is 10.1 Å². The number of aromatic nitrogens is 1. The second-order valence-corrected chi connectivity index (χ2v) is 3.72. The first-order chi connectivity index (χ1) is 9.01. The Kier molecular flexibility index (Phi) is 3.59. The number of hydrogen-bond acceptors (Lipinski definition) is 3. The summed E-state index contributed by atoms with van der Waals surface area (Å²) in [6, 6.07) is 7.62. The minimum absolute atomic E-state index is 0.238. The van der Waals surface area contributed by atoms with Crippen molar-refractivity contribution in [2.75, 3.05) is 12.4 Å². The number of halogens is 3. The molecule has 0 atom stereocenters. The Morgan fingerprint density at radius 1 is 1.11 bits per heavy atom. The Morgan fingerprint density at radius 2 is 1.84 bits per heavy atom. The van der Waals surface area contributed by atoms with Crippen molar-refractivity contribution in [3.63, 3.8) is 0 Å². The van der Waals surface area contributed by atoms with E-state index in [1.165, 1.54) is 18.3 Å². The van der Waals surface area contributed by atoms with Crippen molar-refractivity contribution in [2.24, 2.45) is 0 Å². The molecule has 6 heteroatoms. The SMILES string of the molecule is CNc1cnccc1-c1ccccc1OC(F)(F)F. The average molecular weight is 268 g/mol. The number of alkyl halides is 3. The van der Waals surface area contributed by atoms with Crippen LogP contribution in [0.1, 0.15) is 0 Å². The standard InChI is InChI=1S/C13H11F3N2O/c1-17-11-8-18-7-6-9(11)10-4-2-3-5-12(10)19-13(14,15)16/h2-8,17H,1H3. The molecule has 0 radical (unpaired) electrons. The van der Waals surface area contributed by atoms with Crippen LogP contribution in [0, 0.1) is 0 Å². The molecule has 0 spiro atoms. The summed E-state index contributed by atoms with van der Waals surface area (Å²) in [5.74, 6) is -0.238. The fraction of sp³-hybridized carbons (Fsp3) is 0.154. The molecule has 0 amide bonds. The van der Waals surface area contributed by atoms with Gasteiger partial charge in [0.1, 0.15) is 5.75 Å². The van der Waals surface area contributed by atoms with Crippen LogP contribution in [0.3, 0.4) is 0 Å². The van der Waals surface area contributed by atoms with Crippen LogP contribution >= 0.6 is 0 Å². The zero-order chi connectivity index (χ0) is 13.9. The number of rotatable bonds is 3. The van der Waals surface area contributed by atoms with Crippen LogP contribution in [0.15, 0.2) is 42.7 Å². The van der Waals surface area contributed by atoms with Crippen molar-refractivity contribution in [2.45, 2.75) is 6.36 Å². The minimum atomic E-state index is -4.72. The summed E-state index contributed by atoms with van der Waals surface area (Å²) < 4.78 is 41.1. The van der Waals surface area contributed by atoms with Gasteiger partial charge in [0.05, 0.1) is 11.9 Å². The first-order valence-corrected chi connectivity index (χ1v) is 5.48. The molecule has 1 aromatic heterocycles. The molecule has 0 fully saturated rings. The molecule has 0 saturated carbocycles. The summed E-state index contributed by atoms with van der Waals surface area (Å²) in [4.78, 5) is 3.92. The molecule has 0 aliphatic heterocycles. The van der Waals surface area contributed by atoms with Gasteiger partial charge in [0.2, 0.25) is 0 Å². The zero-order valence-corrected chi connectivity index (χ0v) is 10.0. The van der Waals surface area contributed by atoms with E-state index in [-0.39, 0.29) is 5.75 Å². The quantitative estimate of drug-likeness (QED) is 0.921. The maximum atomic E-state index is 12.4. The number of para-hydroxylation sites is 1. The first-order valence-electron chi connectivity index (χ1n) is 5.48. The fourth-order valence-electron chi connectivity index (χ4n) is 1.73.